The molecule has 1 amide bonds. The summed E-state index contributed by atoms with van der Waals surface area (Å²) in [5, 5.41) is 3.17. The lowest BCUT2D eigenvalue weighted by Gasteiger charge is -2.26. The van der Waals surface area contributed by atoms with Gasteiger partial charge in [0, 0.05) is 16.3 Å². The van der Waals surface area contributed by atoms with Gasteiger partial charge in [0.1, 0.15) is 5.69 Å². The number of nitrogens with zero attached hydrogens (tertiary/aromatic N) is 2. The Morgan fingerprint density at radius 1 is 1.12 bits per heavy atom. The molecule has 4 nitrogen and oxygen atoms in total. The van der Waals surface area contributed by atoms with Crippen LogP contribution in [0, 0.1) is 0 Å². The molecule has 0 fully saturated rings. The summed E-state index contributed by atoms with van der Waals surface area (Å²) in [7, 11) is 0. The van der Waals surface area contributed by atoms with Gasteiger partial charge in [-0.25, -0.2) is 4.98 Å². The molecule has 4 rings (SSSR count). The average molecular weight is 335 g/mol. The van der Waals surface area contributed by atoms with Gasteiger partial charge in [0.25, 0.3) is 5.91 Å². The van der Waals surface area contributed by atoms with Gasteiger partial charge >= 0.3 is 0 Å². The lowest BCUT2D eigenvalue weighted by molar-refractivity contribution is 0.0928. The number of fused-ring (bicyclic) bond motifs is 1. The molecule has 3 aromatic rings. The molecule has 1 aromatic heterocycles. The number of thioether (sulfide) groups is 1. The maximum Gasteiger partial charge on any atom is 0.270 e. The van der Waals surface area contributed by atoms with Crippen LogP contribution in [0.15, 0.2) is 72.0 Å². The van der Waals surface area contributed by atoms with Crippen molar-refractivity contribution in [1.29, 1.82) is 0 Å². The van der Waals surface area contributed by atoms with Gasteiger partial charge in [0.15, 0.2) is 0 Å². The fourth-order valence-corrected chi connectivity index (χ4v) is 4.11. The summed E-state index contributed by atoms with van der Waals surface area (Å²) in [6.07, 6.45) is 4.23. The molecule has 1 N–H and O–H groups in total. The van der Waals surface area contributed by atoms with Gasteiger partial charge in [-0.3, -0.25) is 9.36 Å². The van der Waals surface area contributed by atoms with Crippen molar-refractivity contribution in [2.24, 2.45) is 0 Å². The summed E-state index contributed by atoms with van der Waals surface area (Å²) in [5.74, 6) is 0.919. The highest BCUT2D eigenvalue weighted by atomic mass is 32.2. The van der Waals surface area contributed by atoms with Crippen molar-refractivity contribution < 1.29 is 4.79 Å². The minimum Gasteiger partial charge on any atom is -0.344 e. The molecule has 0 saturated carbocycles. The first kappa shape index (κ1) is 15.0. The molecule has 1 aliphatic rings. The minimum absolute atomic E-state index is 0.0501. The highest BCUT2D eigenvalue weighted by molar-refractivity contribution is 7.99. The van der Waals surface area contributed by atoms with Gasteiger partial charge in [-0.15, -0.1) is 11.8 Å². The third-order valence-electron chi connectivity index (χ3n) is 4.17. The van der Waals surface area contributed by atoms with Crippen molar-refractivity contribution in [3.63, 3.8) is 0 Å². The fraction of sp³-hybridized carbons (Fsp3) is 0.158. The smallest absolute Gasteiger partial charge is 0.270 e. The summed E-state index contributed by atoms with van der Waals surface area (Å²) in [4.78, 5) is 18.2. The van der Waals surface area contributed by atoms with Gasteiger partial charge in [0.2, 0.25) is 0 Å². The van der Waals surface area contributed by atoms with Crippen LogP contribution in [-0.4, -0.2) is 21.2 Å². The Morgan fingerprint density at radius 2 is 1.92 bits per heavy atom. The second-order valence-corrected chi connectivity index (χ2v) is 6.82. The Labute approximate surface area is 144 Å². The molecule has 1 aliphatic heterocycles. The summed E-state index contributed by atoms with van der Waals surface area (Å²) in [5.41, 5.74) is 2.68. The first-order chi connectivity index (χ1) is 11.8. The van der Waals surface area contributed by atoms with E-state index in [2.05, 4.69) is 22.4 Å². The number of imidazole rings is 1. The van der Waals surface area contributed by atoms with E-state index in [0.29, 0.717) is 5.69 Å². The maximum atomic E-state index is 12.8. The van der Waals surface area contributed by atoms with E-state index in [-0.39, 0.29) is 11.9 Å². The van der Waals surface area contributed by atoms with Gasteiger partial charge in [-0.05, 0) is 30.2 Å². The Kier molecular flexibility index (Phi) is 4.09. The van der Waals surface area contributed by atoms with Crippen molar-refractivity contribution in [1.82, 2.24) is 14.9 Å². The molecule has 5 heteroatoms. The number of hydrogen-bond donors (Lipinski definition) is 1. The summed E-state index contributed by atoms with van der Waals surface area (Å²) >= 11 is 1.85. The molecule has 1 atom stereocenters. The topological polar surface area (TPSA) is 46.9 Å². The lowest BCUT2D eigenvalue weighted by atomic mass is 10.0. The average Bonchev–Trinajstić information content (AvgIpc) is 3.13. The molecular weight excluding hydrogens is 318 g/mol. The number of aromatic nitrogens is 2. The third-order valence-corrected chi connectivity index (χ3v) is 5.29. The summed E-state index contributed by atoms with van der Waals surface area (Å²) in [6.45, 7) is 0. The van der Waals surface area contributed by atoms with Crippen LogP contribution < -0.4 is 5.32 Å². The SMILES string of the molecule is O=C(N[C@H]1CCSc2ccccc21)c1cncn1-c1ccccc1. The first-order valence-corrected chi connectivity index (χ1v) is 8.92. The molecule has 0 aliphatic carbocycles. The zero-order valence-electron chi connectivity index (χ0n) is 13.1. The number of amides is 1. The van der Waals surface area contributed by atoms with Crippen molar-refractivity contribution in [3.8, 4) is 5.69 Å². The van der Waals surface area contributed by atoms with Gasteiger partial charge in [0.05, 0.1) is 18.6 Å². The molecule has 120 valence electrons. The predicted molar refractivity (Wildman–Crippen MR) is 95.6 cm³/mol. The van der Waals surface area contributed by atoms with E-state index in [4.69, 9.17) is 0 Å². The lowest BCUT2D eigenvalue weighted by Crippen LogP contribution is -2.31. The van der Waals surface area contributed by atoms with Crippen LogP contribution in [0.2, 0.25) is 0 Å². The second kappa shape index (κ2) is 6.53. The van der Waals surface area contributed by atoms with E-state index in [1.807, 2.05) is 58.8 Å². The van der Waals surface area contributed by atoms with Crippen LogP contribution in [0.3, 0.4) is 0 Å². The van der Waals surface area contributed by atoms with E-state index in [1.54, 1.807) is 12.5 Å². The monoisotopic (exact) mass is 335 g/mol. The van der Waals surface area contributed by atoms with Crippen LogP contribution in [0.25, 0.3) is 5.69 Å². The Bertz CT molecular complexity index is 860. The third kappa shape index (κ3) is 2.83. The molecule has 24 heavy (non-hydrogen) atoms. The number of hydrogen-bond acceptors (Lipinski definition) is 3. The predicted octanol–water partition coefficient (Wildman–Crippen LogP) is 3.84. The minimum atomic E-state index is -0.0944. The molecule has 0 unspecified atom stereocenters. The van der Waals surface area contributed by atoms with E-state index >= 15 is 0 Å². The fourth-order valence-electron chi connectivity index (χ4n) is 2.98. The number of para-hydroxylation sites is 1. The van der Waals surface area contributed by atoms with E-state index in [1.165, 1.54) is 10.5 Å². The number of nitrogens with one attached hydrogen (secondary N) is 1. The van der Waals surface area contributed by atoms with Crippen LogP contribution in [0.1, 0.15) is 28.5 Å². The first-order valence-electron chi connectivity index (χ1n) is 7.93. The van der Waals surface area contributed by atoms with Crippen LogP contribution in [0.4, 0.5) is 0 Å². The Hall–Kier alpha value is -2.53. The molecule has 0 radical (unpaired) electrons. The van der Waals surface area contributed by atoms with Crippen molar-refractivity contribution in [2.45, 2.75) is 17.4 Å². The Morgan fingerprint density at radius 3 is 2.79 bits per heavy atom. The quantitative estimate of drug-likeness (QED) is 0.791. The summed E-state index contributed by atoms with van der Waals surface area (Å²) in [6, 6.07) is 18.1. The standard InChI is InChI=1S/C19H17N3OS/c23-19(17-12-20-13-22(17)14-6-2-1-3-7-14)21-16-10-11-24-18-9-5-4-8-15(16)18/h1-9,12-13,16H,10-11H2,(H,21,23)/t16-/m0/s1. The maximum absolute atomic E-state index is 12.8. The number of carbonyl (C=O) groups excluding carboxylic acids is 1. The molecule has 0 saturated heterocycles. The normalized spacial score (nSPS) is 16.4. The number of benzene rings is 2. The van der Waals surface area contributed by atoms with Crippen molar-refractivity contribution in [3.05, 3.63) is 78.4 Å². The molecule has 2 heterocycles. The van der Waals surface area contributed by atoms with Crippen molar-refractivity contribution >= 4 is 17.7 Å². The van der Waals surface area contributed by atoms with Gasteiger partial charge in [-0.2, -0.15) is 0 Å². The molecule has 0 spiro atoms. The molecule has 0 bridgehead atoms. The van der Waals surface area contributed by atoms with Crippen LogP contribution in [-0.2, 0) is 0 Å². The Balaban J connectivity index is 1.60. The van der Waals surface area contributed by atoms with Crippen LogP contribution >= 0.6 is 11.8 Å². The zero-order valence-corrected chi connectivity index (χ0v) is 13.9. The summed E-state index contributed by atoms with van der Waals surface area (Å²) < 4.78 is 1.82. The number of carbonyl (C=O) groups is 1. The van der Waals surface area contributed by atoms with E-state index in [9.17, 15) is 4.79 Å². The van der Waals surface area contributed by atoms with E-state index in [0.717, 1.165) is 17.9 Å². The van der Waals surface area contributed by atoms with Gasteiger partial charge in [-0.1, -0.05) is 36.4 Å². The second-order valence-electron chi connectivity index (χ2n) is 5.69. The zero-order chi connectivity index (χ0) is 16.4. The van der Waals surface area contributed by atoms with Crippen molar-refractivity contribution in [2.75, 3.05) is 5.75 Å². The van der Waals surface area contributed by atoms with Gasteiger partial charge < -0.3 is 5.32 Å². The largest absolute Gasteiger partial charge is 0.344 e. The highest BCUT2D eigenvalue weighted by Gasteiger charge is 2.23. The highest BCUT2D eigenvalue weighted by Crippen LogP contribution is 2.35. The molecule has 2 aromatic carbocycles. The van der Waals surface area contributed by atoms with Crippen LogP contribution in [0.5, 0.6) is 0 Å². The number of rotatable bonds is 3. The van der Waals surface area contributed by atoms with E-state index < -0.39 is 0 Å². The molecular formula is C19H17N3OS.